The molecule has 224 valence electrons. The van der Waals surface area contributed by atoms with Gasteiger partial charge in [-0.1, -0.05) is 91.6 Å². The maximum absolute atomic E-state index is 8.67. The molecule has 0 heterocycles. The van der Waals surface area contributed by atoms with E-state index in [-0.39, 0.29) is 0 Å². The molecule has 0 unspecified atom stereocenters. The molecule has 0 N–H and O–H groups in total. The van der Waals surface area contributed by atoms with Crippen LogP contribution in [0, 0.1) is 6.92 Å². The molecule has 0 saturated carbocycles. The van der Waals surface area contributed by atoms with Crippen LogP contribution in [0.25, 0.3) is 16.0 Å². The molecule has 0 radical (unpaired) electrons. The largest absolute Gasteiger partial charge is 0.394 e. The first-order valence-corrected chi connectivity index (χ1v) is 14.6. The minimum absolute atomic E-state index is 0.446. The first-order valence-electron chi connectivity index (χ1n) is 14.6. The van der Waals surface area contributed by atoms with Crippen LogP contribution in [0.2, 0.25) is 0 Å². The molecule has 4 rings (SSSR count). The van der Waals surface area contributed by atoms with E-state index in [9.17, 15) is 0 Å². The van der Waals surface area contributed by atoms with Gasteiger partial charge in [0.1, 0.15) is 11.0 Å². The second-order valence-corrected chi connectivity index (χ2v) is 10.0. The van der Waals surface area contributed by atoms with Gasteiger partial charge in [-0.25, -0.2) is 0 Å². The van der Waals surface area contributed by atoms with Crippen molar-refractivity contribution in [3.05, 3.63) is 192 Å². The Morgan fingerprint density at radius 2 is 1.44 bits per heavy atom. The zero-order valence-electron chi connectivity index (χ0n) is 25.9. The maximum Gasteiger partial charge on any atom is 0.139 e. The Labute approximate surface area is 266 Å². The van der Waals surface area contributed by atoms with Crippen molar-refractivity contribution in [2.75, 3.05) is 9.80 Å². The summed E-state index contributed by atoms with van der Waals surface area (Å²) >= 11 is 0. The number of benzene rings is 4. The number of azide groups is 1. The van der Waals surface area contributed by atoms with Gasteiger partial charge in [0.15, 0.2) is 0 Å². The highest BCUT2D eigenvalue weighted by Gasteiger charge is 2.15. The fraction of sp³-hybridized carbons (Fsp3) is 0.0769. The molecule has 0 atom stereocenters. The molecular weight excluding hydrogens is 554 g/mol. The molecule has 0 aliphatic carbocycles. The second kappa shape index (κ2) is 16.0. The van der Waals surface area contributed by atoms with Crippen LogP contribution in [0.5, 0.6) is 5.75 Å². The fourth-order valence-corrected chi connectivity index (χ4v) is 4.81. The lowest BCUT2D eigenvalue weighted by atomic mass is 10.0. The van der Waals surface area contributed by atoms with Gasteiger partial charge in [-0.15, -0.1) is 0 Å². The number of nitrogens with zero attached hydrogens (tertiary/aromatic N) is 5. The van der Waals surface area contributed by atoms with Crippen molar-refractivity contribution in [3.63, 3.8) is 0 Å². The standard InChI is InChI=1S/C39H37N5O/c1-6-13-34(14-7-2)43(36-24-19-30(4)20-25-36)33(8-3)26-21-31(5)32-22-27-37(28-23-32)44(35-15-10-9-11-16-35)38-17-12-18-39(29-38)45-42-41-40/h6-29H,1,5H2,2-4H3/b14-7-,26-21-,33-8+,34-13+. The van der Waals surface area contributed by atoms with Crippen molar-refractivity contribution in [1.82, 2.24) is 0 Å². The summed E-state index contributed by atoms with van der Waals surface area (Å²) < 4.78 is 0. The van der Waals surface area contributed by atoms with E-state index in [2.05, 4.69) is 107 Å². The molecule has 6 nitrogen and oxygen atoms in total. The average Bonchev–Trinajstić information content (AvgIpc) is 3.07. The minimum Gasteiger partial charge on any atom is -0.394 e. The summed E-state index contributed by atoms with van der Waals surface area (Å²) in [6.07, 6.45) is 14.1. The third kappa shape index (κ3) is 8.32. The zero-order chi connectivity index (χ0) is 32.0. The number of para-hydroxylation sites is 1. The number of aryl methyl sites for hydroxylation is 1. The minimum atomic E-state index is 0.446. The highest BCUT2D eigenvalue weighted by atomic mass is 16.6. The number of hydrogen-bond acceptors (Lipinski definition) is 4. The first-order chi connectivity index (χ1) is 22.0. The molecule has 4 aromatic carbocycles. The number of anilines is 4. The molecule has 45 heavy (non-hydrogen) atoms. The molecule has 0 fully saturated rings. The van der Waals surface area contributed by atoms with Gasteiger partial charge >= 0.3 is 0 Å². The van der Waals surface area contributed by atoms with E-state index >= 15 is 0 Å². The summed E-state index contributed by atoms with van der Waals surface area (Å²) in [6.45, 7) is 14.4. The molecular formula is C39H37N5O. The Bertz CT molecular complexity index is 1780. The molecule has 6 heteroatoms. The summed E-state index contributed by atoms with van der Waals surface area (Å²) in [4.78, 5) is 12.2. The van der Waals surface area contributed by atoms with Gasteiger partial charge in [0.05, 0.1) is 0 Å². The van der Waals surface area contributed by atoms with Crippen LogP contribution >= 0.6 is 0 Å². The summed E-state index contributed by atoms with van der Waals surface area (Å²) in [5, 5.41) is 3.24. The van der Waals surface area contributed by atoms with Crippen LogP contribution in [0.1, 0.15) is 25.0 Å². The Morgan fingerprint density at radius 1 is 0.778 bits per heavy atom. The highest BCUT2D eigenvalue weighted by Crippen LogP contribution is 2.36. The van der Waals surface area contributed by atoms with Gasteiger partial charge in [-0.3, -0.25) is 0 Å². The van der Waals surface area contributed by atoms with Crippen LogP contribution in [-0.4, -0.2) is 0 Å². The maximum atomic E-state index is 8.67. The smallest absolute Gasteiger partial charge is 0.139 e. The van der Waals surface area contributed by atoms with Gasteiger partial charge < -0.3 is 14.6 Å². The molecule has 0 saturated heterocycles. The first kappa shape index (κ1) is 32.0. The van der Waals surface area contributed by atoms with Crippen LogP contribution in [0.4, 0.5) is 22.7 Å². The molecule has 0 aliphatic heterocycles. The van der Waals surface area contributed by atoms with E-state index in [0.717, 1.165) is 45.3 Å². The molecule has 0 amide bonds. The van der Waals surface area contributed by atoms with Gasteiger partial charge in [0.25, 0.3) is 0 Å². The Morgan fingerprint density at radius 3 is 2.09 bits per heavy atom. The summed E-state index contributed by atoms with van der Waals surface area (Å²) in [7, 11) is 0. The van der Waals surface area contributed by atoms with Crippen LogP contribution in [0.15, 0.2) is 175 Å². The molecule has 0 spiro atoms. The second-order valence-electron chi connectivity index (χ2n) is 10.0. The lowest BCUT2D eigenvalue weighted by Crippen LogP contribution is -2.20. The summed E-state index contributed by atoms with van der Waals surface area (Å²) in [5.74, 6) is 0.446. The van der Waals surface area contributed by atoms with Crippen molar-refractivity contribution in [2.45, 2.75) is 20.8 Å². The molecule has 0 aromatic heterocycles. The van der Waals surface area contributed by atoms with Crippen molar-refractivity contribution < 1.29 is 4.84 Å². The van der Waals surface area contributed by atoms with Crippen molar-refractivity contribution in [2.24, 2.45) is 5.28 Å². The predicted octanol–water partition coefficient (Wildman–Crippen LogP) is 11.7. The predicted molar refractivity (Wildman–Crippen MR) is 190 cm³/mol. The van der Waals surface area contributed by atoms with Gasteiger partial charge in [-0.05, 0) is 104 Å². The van der Waals surface area contributed by atoms with E-state index < -0.39 is 0 Å². The third-order valence-corrected chi connectivity index (χ3v) is 6.95. The zero-order valence-corrected chi connectivity index (χ0v) is 25.9. The van der Waals surface area contributed by atoms with Gasteiger partial charge in [0, 0.05) is 45.1 Å². The van der Waals surface area contributed by atoms with Crippen LogP contribution in [0.3, 0.4) is 0 Å². The monoisotopic (exact) mass is 591 g/mol. The fourth-order valence-electron chi connectivity index (χ4n) is 4.81. The van der Waals surface area contributed by atoms with Crippen LogP contribution in [-0.2, 0) is 0 Å². The summed E-state index contributed by atoms with van der Waals surface area (Å²) in [5.41, 5.74) is 17.6. The van der Waals surface area contributed by atoms with Crippen LogP contribution < -0.4 is 14.6 Å². The van der Waals surface area contributed by atoms with Crippen molar-refractivity contribution in [3.8, 4) is 5.75 Å². The van der Waals surface area contributed by atoms with Crippen molar-refractivity contribution in [1.29, 1.82) is 0 Å². The Hall–Kier alpha value is -5.97. The van der Waals surface area contributed by atoms with E-state index in [4.69, 9.17) is 10.4 Å². The topological polar surface area (TPSA) is 64.5 Å². The van der Waals surface area contributed by atoms with E-state index in [1.807, 2.05) is 80.6 Å². The van der Waals surface area contributed by atoms with E-state index in [1.54, 1.807) is 12.1 Å². The average molecular weight is 592 g/mol. The SMILES string of the molecule is C=C/C=C(\C=C/C)N(C(/C=C\C(=C)c1ccc(N(c2ccccc2)c2cccc(ON=[N+]=[N-])c2)cc1)=C/C)c1ccc(C)cc1. The molecule has 0 aliphatic rings. The lowest BCUT2D eigenvalue weighted by Gasteiger charge is -2.27. The Kier molecular flexibility index (Phi) is 11.4. The Balaban J connectivity index is 1.64. The number of rotatable bonds is 13. The quantitative estimate of drug-likeness (QED) is 0.0511. The summed E-state index contributed by atoms with van der Waals surface area (Å²) in [6, 6.07) is 34.2. The number of hydrogen-bond donors (Lipinski definition) is 0. The van der Waals surface area contributed by atoms with Crippen molar-refractivity contribution >= 4 is 28.3 Å². The van der Waals surface area contributed by atoms with E-state index in [0.29, 0.717) is 5.75 Å². The highest BCUT2D eigenvalue weighted by molar-refractivity contribution is 5.80. The van der Waals surface area contributed by atoms with E-state index in [1.165, 1.54) is 5.56 Å². The lowest BCUT2D eigenvalue weighted by molar-refractivity contribution is 0.333. The third-order valence-electron chi connectivity index (χ3n) is 6.95. The van der Waals surface area contributed by atoms with Gasteiger partial charge in [0.2, 0.25) is 0 Å². The number of allylic oxidation sites excluding steroid dienone is 8. The molecule has 0 bridgehead atoms. The molecule has 4 aromatic rings. The normalized spacial score (nSPS) is 11.7. The van der Waals surface area contributed by atoms with Gasteiger partial charge in [-0.2, -0.15) is 0 Å².